The van der Waals surface area contributed by atoms with Gasteiger partial charge in [0.15, 0.2) is 0 Å². The number of nitrogens with one attached hydrogen (secondary N) is 1. The zero-order chi connectivity index (χ0) is 17.1. The molecule has 0 saturated heterocycles. The molecule has 0 aromatic heterocycles. The zero-order valence-corrected chi connectivity index (χ0v) is 15.9. The average molecular weight is 318 g/mol. The Morgan fingerprint density at radius 2 is 1.57 bits per heavy atom. The quantitative estimate of drug-likeness (QED) is 0.785. The molecule has 0 atom stereocenters. The van der Waals surface area contributed by atoms with Gasteiger partial charge in [0.1, 0.15) is 5.54 Å². The monoisotopic (exact) mass is 317 g/mol. The molecule has 0 aliphatic heterocycles. The third kappa shape index (κ3) is 6.50. The molecule has 0 radical (unpaired) electrons. The van der Waals surface area contributed by atoms with Crippen molar-refractivity contribution in [2.24, 2.45) is 5.92 Å². The second kappa shape index (κ2) is 6.81. The first-order valence-electron chi connectivity index (χ1n) is 7.37. The van der Waals surface area contributed by atoms with E-state index in [0.717, 1.165) is 0 Å². The smallest absolute Gasteiger partial charge is 0.408 e. The highest BCUT2D eigenvalue weighted by Gasteiger charge is 2.44. The number of carbonyl (C=O) groups is 2. The molecule has 0 rings (SSSR count). The maximum absolute atomic E-state index is 12.3. The van der Waals surface area contributed by atoms with Gasteiger partial charge in [-0.2, -0.15) is 0 Å². The number of hydrogen-bond donors (Lipinski definition) is 1. The van der Waals surface area contributed by atoms with E-state index in [-0.39, 0.29) is 11.0 Å². The van der Waals surface area contributed by atoms with Gasteiger partial charge < -0.3 is 14.5 Å². The predicted molar refractivity (Wildman–Crippen MR) is 86.7 cm³/mol. The standard InChI is InChI=1S/C15H31NO4Si/c1-11(2)10-19-13(18)16-15(6,7)12(17)20-21(8,9)14(3,4)5/h11H,10H2,1-9H3,(H,16,18). The minimum atomic E-state index is -2.21. The third-order valence-corrected chi connectivity index (χ3v) is 7.93. The van der Waals surface area contributed by atoms with Crippen molar-refractivity contribution in [1.82, 2.24) is 5.32 Å². The van der Waals surface area contributed by atoms with Crippen molar-refractivity contribution in [3.8, 4) is 0 Å². The summed E-state index contributed by atoms with van der Waals surface area (Å²) in [5, 5.41) is 2.50. The Bertz CT molecular complexity index is 384. The molecule has 0 aromatic carbocycles. The van der Waals surface area contributed by atoms with Crippen LogP contribution in [-0.2, 0) is 14.0 Å². The summed E-state index contributed by atoms with van der Waals surface area (Å²) < 4.78 is 10.8. The van der Waals surface area contributed by atoms with Crippen molar-refractivity contribution < 1.29 is 18.8 Å². The van der Waals surface area contributed by atoms with Crippen LogP contribution in [0.5, 0.6) is 0 Å². The Morgan fingerprint density at radius 3 is 1.95 bits per heavy atom. The van der Waals surface area contributed by atoms with E-state index in [1.807, 2.05) is 26.9 Å². The lowest BCUT2D eigenvalue weighted by Gasteiger charge is -2.38. The van der Waals surface area contributed by atoms with Crippen LogP contribution in [0, 0.1) is 5.92 Å². The summed E-state index contributed by atoms with van der Waals surface area (Å²) in [5.74, 6) is -0.173. The van der Waals surface area contributed by atoms with E-state index in [4.69, 9.17) is 9.16 Å². The van der Waals surface area contributed by atoms with Crippen LogP contribution >= 0.6 is 0 Å². The van der Waals surface area contributed by atoms with Gasteiger partial charge in [-0.15, -0.1) is 0 Å². The summed E-state index contributed by atoms with van der Waals surface area (Å²) in [6.07, 6.45) is -0.596. The lowest BCUT2D eigenvalue weighted by molar-refractivity contribution is -0.141. The topological polar surface area (TPSA) is 64.6 Å². The summed E-state index contributed by atoms with van der Waals surface area (Å²) in [7, 11) is -2.21. The summed E-state index contributed by atoms with van der Waals surface area (Å²) >= 11 is 0. The predicted octanol–water partition coefficient (Wildman–Crippen LogP) is 3.70. The maximum Gasteiger partial charge on any atom is 0.408 e. The molecule has 0 aliphatic carbocycles. The van der Waals surface area contributed by atoms with Crippen LogP contribution < -0.4 is 5.32 Å². The van der Waals surface area contributed by atoms with E-state index in [1.54, 1.807) is 13.8 Å². The van der Waals surface area contributed by atoms with Crippen molar-refractivity contribution in [3.05, 3.63) is 0 Å². The van der Waals surface area contributed by atoms with Gasteiger partial charge in [0, 0.05) is 0 Å². The van der Waals surface area contributed by atoms with Crippen LogP contribution in [0.3, 0.4) is 0 Å². The fraction of sp³-hybridized carbons (Fsp3) is 0.867. The highest BCUT2D eigenvalue weighted by Crippen LogP contribution is 2.37. The molecule has 5 nitrogen and oxygen atoms in total. The van der Waals surface area contributed by atoms with Crippen LogP contribution in [-0.4, -0.2) is 32.5 Å². The van der Waals surface area contributed by atoms with Gasteiger partial charge in [0.05, 0.1) is 6.61 Å². The van der Waals surface area contributed by atoms with Crippen molar-refractivity contribution in [2.45, 2.75) is 72.1 Å². The van der Waals surface area contributed by atoms with Gasteiger partial charge >= 0.3 is 12.1 Å². The van der Waals surface area contributed by atoms with Crippen LogP contribution in [0.25, 0.3) is 0 Å². The first kappa shape index (κ1) is 20.0. The molecule has 124 valence electrons. The summed E-state index contributed by atoms with van der Waals surface area (Å²) in [5.41, 5.74) is -1.11. The van der Waals surface area contributed by atoms with Gasteiger partial charge in [0.25, 0.3) is 8.32 Å². The van der Waals surface area contributed by atoms with Crippen LogP contribution in [0.1, 0.15) is 48.5 Å². The molecule has 1 N–H and O–H groups in total. The largest absolute Gasteiger partial charge is 0.517 e. The van der Waals surface area contributed by atoms with Crippen LogP contribution in [0.4, 0.5) is 4.79 Å². The molecule has 0 aromatic rings. The van der Waals surface area contributed by atoms with Crippen molar-refractivity contribution in [1.29, 1.82) is 0 Å². The molecule has 1 amide bonds. The number of alkyl carbamates (subject to hydrolysis) is 1. The van der Waals surface area contributed by atoms with Gasteiger partial charge in [-0.1, -0.05) is 34.6 Å². The lowest BCUT2D eigenvalue weighted by atomic mass is 10.1. The van der Waals surface area contributed by atoms with Gasteiger partial charge in [0.2, 0.25) is 0 Å². The summed E-state index contributed by atoms with van der Waals surface area (Å²) in [4.78, 5) is 24.0. The molecule has 0 saturated carbocycles. The third-order valence-electron chi connectivity index (χ3n) is 3.63. The number of amides is 1. The van der Waals surface area contributed by atoms with E-state index in [1.165, 1.54) is 0 Å². The molecule has 0 aliphatic rings. The molecule has 0 spiro atoms. The fourth-order valence-corrected chi connectivity index (χ4v) is 2.12. The first-order chi connectivity index (χ1) is 9.19. The fourth-order valence-electron chi connectivity index (χ4n) is 1.10. The van der Waals surface area contributed by atoms with Crippen molar-refractivity contribution >= 4 is 20.4 Å². The second-order valence-corrected chi connectivity index (χ2v) is 12.6. The Morgan fingerprint density at radius 1 is 1.10 bits per heavy atom. The molecule has 0 bridgehead atoms. The summed E-state index contributed by atoms with van der Waals surface area (Å²) in [6, 6.07) is 0. The molecular formula is C15H31NO4Si. The van der Waals surface area contributed by atoms with E-state index in [0.29, 0.717) is 6.61 Å². The SMILES string of the molecule is CC(C)COC(=O)NC(C)(C)C(=O)O[Si](C)(C)C(C)(C)C. The highest BCUT2D eigenvalue weighted by molar-refractivity contribution is 6.75. The Balaban J connectivity index is 4.70. The van der Waals surface area contributed by atoms with E-state index < -0.39 is 25.9 Å². The van der Waals surface area contributed by atoms with E-state index in [9.17, 15) is 9.59 Å². The minimum Gasteiger partial charge on any atom is -0.517 e. The molecule has 0 heterocycles. The van der Waals surface area contributed by atoms with Gasteiger partial charge in [-0.3, -0.25) is 4.79 Å². The summed E-state index contributed by atoms with van der Waals surface area (Å²) in [6.45, 7) is 17.6. The number of ether oxygens (including phenoxy) is 1. The molecule has 0 unspecified atom stereocenters. The highest BCUT2D eigenvalue weighted by atomic mass is 28.4. The Hall–Kier alpha value is -1.04. The minimum absolute atomic E-state index is 0.0725. The van der Waals surface area contributed by atoms with Crippen LogP contribution in [0.15, 0.2) is 0 Å². The molecule has 6 heteroatoms. The normalized spacial score (nSPS) is 13.0. The molecule has 0 fully saturated rings. The molecule has 21 heavy (non-hydrogen) atoms. The van der Waals surface area contributed by atoms with Crippen molar-refractivity contribution in [3.63, 3.8) is 0 Å². The first-order valence-corrected chi connectivity index (χ1v) is 10.3. The van der Waals surface area contributed by atoms with E-state index >= 15 is 0 Å². The average Bonchev–Trinajstić information content (AvgIpc) is 2.23. The number of hydrogen-bond acceptors (Lipinski definition) is 4. The Kier molecular flexibility index (Phi) is 6.47. The Labute approximate surface area is 129 Å². The second-order valence-electron chi connectivity index (χ2n) is 7.89. The van der Waals surface area contributed by atoms with E-state index in [2.05, 4.69) is 26.1 Å². The van der Waals surface area contributed by atoms with Gasteiger partial charge in [-0.05, 0) is 37.9 Å². The number of rotatable bonds is 5. The van der Waals surface area contributed by atoms with Gasteiger partial charge in [-0.25, -0.2) is 4.79 Å². The maximum atomic E-state index is 12.3. The van der Waals surface area contributed by atoms with Crippen LogP contribution in [0.2, 0.25) is 18.1 Å². The zero-order valence-electron chi connectivity index (χ0n) is 14.9. The van der Waals surface area contributed by atoms with Crippen molar-refractivity contribution in [2.75, 3.05) is 6.61 Å². The molecular weight excluding hydrogens is 286 g/mol. The lowest BCUT2D eigenvalue weighted by Crippen LogP contribution is -2.55. The number of carbonyl (C=O) groups excluding carboxylic acids is 2.